The Balaban J connectivity index is 1.83. The smallest absolute Gasteiger partial charge is 0.328 e. The second-order valence-electron chi connectivity index (χ2n) is 8.58. The second-order valence-corrected chi connectivity index (χ2v) is 9.71. The highest BCUT2D eigenvalue weighted by Gasteiger charge is 2.43. The first-order valence-electron chi connectivity index (χ1n) is 11.3. The number of nitrogens with one attached hydrogen (secondary N) is 1. The van der Waals surface area contributed by atoms with Crippen LogP contribution < -0.4 is 5.32 Å². The number of methoxy groups -OCH3 is 1. The van der Waals surface area contributed by atoms with Gasteiger partial charge >= 0.3 is 5.97 Å². The summed E-state index contributed by atoms with van der Waals surface area (Å²) >= 11 is 1.03. The van der Waals surface area contributed by atoms with Gasteiger partial charge < -0.3 is 10.1 Å². The van der Waals surface area contributed by atoms with E-state index in [4.69, 9.17) is 4.74 Å². The third-order valence-corrected chi connectivity index (χ3v) is 6.49. The molecule has 2 atom stereocenters. The lowest BCUT2D eigenvalue weighted by Gasteiger charge is -2.27. The molecule has 0 spiro atoms. The van der Waals surface area contributed by atoms with Crippen LogP contribution in [0.3, 0.4) is 0 Å². The molecule has 1 unspecified atom stereocenters. The zero-order valence-electron chi connectivity index (χ0n) is 19.9. The Morgan fingerprint density at radius 3 is 2.06 bits per heavy atom. The second kappa shape index (κ2) is 11.8. The fourth-order valence-corrected chi connectivity index (χ4v) is 4.67. The summed E-state index contributed by atoms with van der Waals surface area (Å²) < 4.78 is 4.82. The molecule has 2 aromatic rings. The van der Waals surface area contributed by atoms with Crippen molar-refractivity contribution >= 4 is 40.6 Å². The molecule has 0 saturated carbocycles. The van der Waals surface area contributed by atoms with Crippen molar-refractivity contribution in [2.24, 2.45) is 5.92 Å². The molecule has 1 heterocycles. The average Bonchev–Trinajstić information content (AvgIpc) is 3.09. The zero-order valence-corrected chi connectivity index (χ0v) is 20.7. The van der Waals surface area contributed by atoms with E-state index < -0.39 is 35.8 Å². The van der Waals surface area contributed by atoms with E-state index in [1.165, 1.54) is 19.2 Å². The Kier molecular flexibility index (Phi) is 8.81. The standard InChI is InChI=1S/C26H28N2O6S/c1-16(2)15-20(26(33)34-3)27-23(30)21(13-14-22(29)35-17-9-5-4-6-10-17)28-24(31)18-11-7-8-12-19(18)25(28)32/h4-12,16,20-21H,13-15H2,1-3H3,(H,27,30)/t20-,21?/m0/s1. The number of ether oxygens (including phenoxy) is 1. The number of benzene rings is 2. The van der Waals surface area contributed by atoms with Gasteiger partial charge in [-0.15, -0.1) is 0 Å². The van der Waals surface area contributed by atoms with E-state index in [1.54, 1.807) is 24.3 Å². The normalized spacial score (nSPS) is 14.5. The molecule has 35 heavy (non-hydrogen) atoms. The molecular formula is C26H28N2O6S. The molecule has 8 nitrogen and oxygen atoms in total. The van der Waals surface area contributed by atoms with Gasteiger partial charge in [-0.05, 0) is 43.0 Å². The number of amides is 3. The highest BCUT2D eigenvalue weighted by atomic mass is 32.2. The van der Waals surface area contributed by atoms with E-state index in [0.717, 1.165) is 21.6 Å². The fraction of sp³-hybridized carbons (Fsp3) is 0.346. The van der Waals surface area contributed by atoms with Crippen molar-refractivity contribution < 1.29 is 28.7 Å². The van der Waals surface area contributed by atoms with Crippen LogP contribution in [0.25, 0.3) is 0 Å². The number of carbonyl (C=O) groups excluding carboxylic acids is 5. The molecular weight excluding hydrogens is 468 g/mol. The average molecular weight is 497 g/mol. The summed E-state index contributed by atoms with van der Waals surface area (Å²) in [6.45, 7) is 3.78. The third kappa shape index (κ3) is 6.36. The number of thioether (sulfide) groups is 1. The Morgan fingerprint density at radius 2 is 1.51 bits per heavy atom. The summed E-state index contributed by atoms with van der Waals surface area (Å²) in [6.07, 6.45) is 0.180. The molecule has 3 amide bonds. The van der Waals surface area contributed by atoms with E-state index in [0.29, 0.717) is 6.42 Å². The van der Waals surface area contributed by atoms with Gasteiger partial charge in [0.05, 0.1) is 18.2 Å². The van der Waals surface area contributed by atoms with Crippen molar-refractivity contribution in [3.05, 3.63) is 65.7 Å². The summed E-state index contributed by atoms with van der Waals surface area (Å²) in [5.74, 6) is -2.45. The Labute approximate surface area is 208 Å². The van der Waals surface area contributed by atoms with Crippen LogP contribution in [0.15, 0.2) is 59.5 Å². The quantitative estimate of drug-likeness (QED) is 0.305. The maximum atomic E-state index is 13.4. The van der Waals surface area contributed by atoms with Crippen molar-refractivity contribution in [2.45, 2.75) is 50.1 Å². The molecule has 3 rings (SSSR count). The summed E-state index contributed by atoms with van der Waals surface area (Å²) in [4.78, 5) is 66.1. The van der Waals surface area contributed by atoms with Crippen molar-refractivity contribution in [2.75, 3.05) is 7.11 Å². The molecule has 0 aliphatic carbocycles. The number of imide groups is 1. The highest BCUT2D eigenvalue weighted by Crippen LogP contribution is 2.28. The Bertz CT molecular complexity index is 1080. The van der Waals surface area contributed by atoms with E-state index in [-0.39, 0.29) is 35.0 Å². The number of esters is 1. The van der Waals surface area contributed by atoms with Gasteiger partial charge in [0, 0.05) is 11.3 Å². The molecule has 0 radical (unpaired) electrons. The van der Waals surface area contributed by atoms with Crippen molar-refractivity contribution in [3.8, 4) is 0 Å². The first kappa shape index (κ1) is 26.2. The molecule has 9 heteroatoms. The summed E-state index contributed by atoms with van der Waals surface area (Å²) in [6, 6.07) is 13.2. The minimum Gasteiger partial charge on any atom is -0.467 e. The van der Waals surface area contributed by atoms with E-state index >= 15 is 0 Å². The molecule has 0 fully saturated rings. The predicted molar refractivity (Wildman–Crippen MR) is 131 cm³/mol. The maximum absolute atomic E-state index is 13.4. The SMILES string of the molecule is COC(=O)[C@H](CC(C)C)NC(=O)C(CCC(=O)Sc1ccccc1)N1C(=O)c2ccccc2C1=O. The fourth-order valence-electron chi connectivity index (χ4n) is 3.89. The van der Waals surface area contributed by atoms with Crippen LogP contribution in [0, 0.1) is 5.92 Å². The van der Waals surface area contributed by atoms with Crippen molar-refractivity contribution in [1.82, 2.24) is 10.2 Å². The van der Waals surface area contributed by atoms with Crippen LogP contribution >= 0.6 is 11.8 Å². The van der Waals surface area contributed by atoms with Crippen LogP contribution in [-0.4, -0.2) is 52.9 Å². The molecule has 1 aliphatic rings. The number of rotatable bonds is 10. The number of hydrogen-bond donors (Lipinski definition) is 1. The van der Waals surface area contributed by atoms with Gasteiger partial charge in [0.25, 0.3) is 11.8 Å². The molecule has 0 aromatic heterocycles. The molecule has 184 valence electrons. The van der Waals surface area contributed by atoms with Gasteiger partial charge in [-0.1, -0.05) is 55.9 Å². The van der Waals surface area contributed by atoms with Gasteiger partial charge in [0.2, 0.25) is 5.91 Å². The topological polar surface area (TPSA) is 110 Å². The monoisotopic (exact) mass is 496 g/mol. The van der Waals surface area contributed by atoms with Crippen LogP contribution in [0.1, 0.15) is 53.8 Å². The third-order valence-electron chi connectivity index (χ3n) is 5.55. The van der Waals surface area contributed by atoms with Crippen LogP contribution in [0.2, 0.25) is 0 Å². The lowest BCUT2D eigenvalue weighted by Crippen LogP contribution is -2.53. The predicted octanol–water partition coefficient (Wildman–Crippen LogP) is 3.45. The first-order valence-corrected chi connectivity index (χ1v) is 12.2. The molecule has 0 saturated heterocycles. The summed E-state index contributed by atoms with van der Waals surface area (Å²) in [5.41, 5.74) is 0.402. The van der Waals surface area contributed by atoms with Gasteiger partial charge in [-0.3, -0.25) is 24.1 Å². The minimum absolute atomic E-state index is 0.0574. The lowest BCUT2D eigenvalue weighted by molar-refractivity contribution is -0.146. The summed E-state index contributed by atoms with van der Waals surface area (Å²) in [7, 11) is 1.23. The van der Waals surface area contributed by atoms with Crippen LogP contribution in [0.5, 0.6) is 0 Å². The number of hydrogen-bond acceptors (Lipinski definition) is 7. The first-order chi connectivity index (χ1) is 16.7. The lowest BCUT2D eigenvalue weighted by atomic mass is 10.0. The summed E-state index contributed by atoms with van der Waals surface area (Å²) in [5, 5.41) is 2.43. The molecule has 0 bridgehead atoms. The van der Waals surface area contributed by atoms with Crippen LogP contribution in [-0.2, 0) is 19.1 Å². The number of carbonyl (C=O) groups is 5. The largest absolute Gasteiger partial charge is 0.467 e. The van der Waals surface area contributed by atoms with Gasteiger partial charge in [0.15, 0.2) is 5.12 Å². The van der Waals surface area contributed by atoms with E-state index in [2.05, 4.69) is 5.32 Å². The highest BCUT2D eigenvalue weighted by molar-refractivity contribution is 8.13. The molecule has 1 aliphatic heterocycles. The van der Waals surface area contributed by atoms with Crippen LogP contribution in [0.4, 0.5) is 0 Å². The number of nitrogens with zero attached hydrogens (tertiary/aromatic N) is 1. The number of fused-ring (bicyclic) bond motifs is 1. The maximum Gasteiger partial charge on any atom is 0.328 e. The zero-order chi connectivity index (χ0) is 25.5. The molecule has 1 N–H and O–H groups in total. The van der Waals surface area contributed by atoms with Crippen molar-refractivity contribution in [3.63, 3.8) is 0 Å². The Hall–Kier alpha value is -3.46. The minimum atomic E-state index is -1.26. The molecule has 2 aromatic carbocycles. The van der Waals surface area contributed by atoms with Gasteiger partial charge in [-0.25, -0.2) is 4.79 Å². The van der Waals surface area contributed by atoms with E-state index in [9.17, 15) is 24.0 Å². The Morgan fingerprint density at radius 1 is 0.943 bits per heavy atom. The van der Waals surface area contributed by atoms with Gasteiger partial charge in [-0.2, -0.15) is 0 Å². The van der Waals surface area contributed by atoms with Gasteiger partial charge in [0.1, 0.15) is 12.1 Å². The van der Waals surface area contributed by atoms with E-state index in [1.807, 2.05) is 32.0 Å². The van der Waals surface area contributed by atoms with Crippen molar-refractivity contribution in [1.29, 1.82) is 0 Å².